The van der Waals surface area contributed by atoms with Gasteiger partial charge in [-0.05, 0) is 60.4 Å². The van der Waals surface area contributed by atoms with Gasteiger partial charge in [-0.15, -0.1) is 6.58 Å². The molecule has 45 heavy (non-hydrogen) atoms. The topological polar surface area (TPSA) is 9.23 Å². The number of halogens is 12. The summed E-state index contributed by atoms with van der Waals surface area (Å²) in [6.45, 7) is 3.57. The summed E-state index contributed by atoms with van der Waals surface area (Å²) in [5, 5.41) is 0. The first-order chi connectivity index (χ1) is 21.0. The molecule has 0 N–H and O–H groups in total. The Hall–Kier alpha value is -4.86. The molecule has 0 bridgehead atoms. The van der Waals surface area contributed by atoms with Crippen LogP contribution < -0.4 is 4.74 Å². The lowest BCUT2D eigenvalue weighted by molar-refractivity contribution is -0.189. The maximum atomic E-state index is 14.9. The molecule has 4 aromatic carbocycles. The standard InChI is InChI=1S/C32H16F12O/c1-2-3-4-16-5-7-18(21(33)9-16)8-6-17-10-22(34)28(23(35)11-17)19-12-24(36)30(25(37)13-19)32(43,44)45-20-14-26(38)29(27(39)15-20)31(40,41)42/h2,5,7,9-15H,1,3-4H2. The molecule has 0 aliphatic heterocycles. The molecule has 4 rings (SSSR count). The van der Waals surface area contributed by atoms with Gasteiger partial charge >= 0.3 is 12.3 Å². The normalized spacial score (nSPS) is 11.6. The van der Waals surface area contributed by atoms with Crippen molar-refractivity contribution in [3.63, 3.8) is 0 Å². The summed E-state index contributed by atoms with van der Waals surface area (Å²) in [7, 11) is 0. The van der Waals surface area contributed by atoms with Crippen molar-refractivity contribution in [2.75, 3.05) is 0 Å². The average molecular weight is 644 g/mol. The number of allylic oxidation sites excluding steroid dienone is 1. The highest BCUT2D eigenvalue weighted by atomic mass is 19.4. The third-order valence-corrected chi connectivity index (χ3v) is 6.22. The molecular formula is C32H16F12O. The molecule has 0 aromatic heterocycles. The Morgan fingerprint density at radius 3 is 1.71 bits per heavy atom. The molecule has 0 aliphatic carbocycles. The Morgan fingerprint density at radius 1 is 0.644 bits per heavy atom. The number of ether oxygens (including phenoxy) is 1. The van der Waals surface area contributed by atoms with Gasteiger partial charge in [0.05, 0.1) is 11.1 Å². The highest BCUT2D eigenvalue weighted by molar-refractivity contribution is 5.67. The van der Waals surface area contributed by atoms with Crippen LogP contribution in [0.5, 0.6) is 5.75 Å². The summed E-state index contributed by atoms with van der Waals surface area (Å²) in [4.78, 5) is 0. The van der Waals surface area contributed by atoms with Crippen LogP contribution in [0.15, 0.2) is 67.3 Å². The maximum absolute atomic E-state index is 14.9. The second-order valence-electron chi connectivity index (χ2n) is 9.40. The Balaban J connectivity index is 1.63. The molecule has 0 fully saturated rings. The van der Waals surface area contributed by atoms with E-state index in [1.165, 1.54) is 12.1 Å². The zero-order chi connectivity index (χ0) is 33.3. The third kappa shape index (κ3) is 7.28. The Morgan fingerprint density at radius 2 is 1.20 bits per heavy atom. The summed E-state index contributed by atoms with van der Waals surface area (Å²) in [5.41, 5.74) is -6.28. The van der Waals surface area contributed by atoms with Crippen molar-refractivity contribution in [1.29, 1.82) is 0 Å². The van der Waals surface area contributed by atoms with E-state index >= 15 is 0 Å². The van der Waals surface area contributed by atoms with Gasteiger partial charge < -0.3 is 4.74 Å². The Labute approximate surface area is 247 Å². The molecule has 4 aromatic rings. The van der Waals surface area contributed by atoms with E-state index in [1.54, 1.807) is 12.1 Å². The monoisotopic (exact) mass is 644 g/mol. The van der Waals surface area contributed by atoms with Crippen LogP contribution in [0, 0.1) is 52.6 Å². The van der Waals surface area contributed by atoms with Crippen LogP contribution in [-0.2, 0) is 18.7 Å². The highest BCUT2D eigenvalue weighted by Crippen LogP contribution is 2.40. The molecule has 0 radical (unpaired) electrons. The van der Waals surface area contributed by atoms with Crippen LogP contribution in [0.1, 0.15) is 34.2 Å². The van der Waals surface area contributed by atoms with E-state index in [0.717, 1.165) is 0 Å². The zero-order valence-corrected chi connectivity index (χ0v) is 22.3. The van der Waals surface area contributed by atoms with Crippen molar-refractivity contribution in [1.82, 2.24) is 0 Å². The van der Waals surface area contributed by atoms with Crippen LogP contribution >= 0.6 is 0 Å². The third-order valence-electron chi connectivity index (χ3n) is 6.22. The summed E-state index contributed by atoms with van der Waals surface area (Å²) < 4.78 is 173. The number of hydrogen-bond donors (Lipinski definition) is 0. The second-order valence-corrected chi connectivity index (χ2v) is 9.40. The summed E-state index contributed by atoms with van der Waals surface area (Å²) in [6.07, 6.45) is -7.82. The number of aryl methyl sites for hydroxylation is 1. The fourth-order valence-electron chi connectivity index (χ4n) is 4.22. The van der Waals surface area contributed by atoms with Gasteiger partial charge in [0.1, 0.15) is 57.6 Å². The first-order valence-corrected chi connectivity index (χ1v) is 12.5. The number of hydrogen-bond acceptors (Lipinski definition) is 1. The second kappa shape index (κ2) is 12.6. The average Bonchev–Trinajstić information content (AvgIpc) is 2.89. The molecule has 0 amide bonds. The van der Waals surface area contributed by atoms with Gasteiger partial charge in [0.15, 0.2) is 0 Å². The Bertz CT molecular complexity index is 1780. The largest absolute Gasteiger partial charge is 0.432 e. The van der Waals surface area contributed by atoms with Crippen LogP contribution in [0.3, 0.4) is 0 Å². The SMILES string of the molecule is C=CCCc1ccc(C#Cc2cc(F)c(-c3cc(F)c(C(F)(F)Oc4cc(F)c(C(F)(F)F)c(F)c4)c(F)c3)c(F)c2)c(F)c1. The van der Waals surface area contributed by atoms with Crippen molar-refractivity contribution in [2.24, 2.45) is 0 Å². The molecule has 0 unspecified atom stereocenters. The van der Waals surface area contributed by atoms with Crippen LogP contribution in [-0.4, -0.2) is 0 Å². The first-order valence-electron chi connectivity index (χ1n) is 12.5. The zero-order valence-electron chi connectivity index (χ0n) is 22.3. The van der Waals surface area contributed by atoms with E-state index in [1.807, 2.05) is 0 Å². The van der Waals surface area contributed by atoms with Crippen molar-refractivity contribution in [3.8, 4) is 28.7 Å². The minimum Gasteiger partial charge on any atom is -0.429 e. The minimum atomic E-state index is -5.53. The van der Waals surface area contributed by atoms with Gasteiger partial charge in [-0.1, -0.05) is 24.0 Å². The molecule has 0 atom stereocenters. The van der Waals surface area contributed by atoms with Crippen LogP contribution in [0.4, 0.5) is 52.7 Å². The van der Waals surface area contributed by atoms with Gasteiger partial charge in [-0.2, -0.15) is 22.0 Å². The first kappa shape index (κ1) is 33.0. The molecule has 0 aliphatic rings. The molecule has 0 saturated heterocycles. The van der Waals surface area contributed by atoms with Crippen molar-refractivity contribution in [2.45, 2.75) is 25.1 Å². The molecule has 0 saturated carbocycles. The van der Waals surface area contributed by atoms with Gasteiger partial charge in [-0.3, -0.25) is 0 Å². The van der Waals surface area contributed by atoms with Gasteiger partial charge in [0, 0.05) is 17.7 Å². The van der Waals surface area contributed by atoms with Crippen molar-refractivity contribution >= 4 is 0 Å². The van der Waals surface area contributed by atoms with Crippen LogP contribution in [0.2, 0.25) is 0 Å². The van der Waals surface area contributed by atoms with Crippen LogP contribution in [0.25, 0.3) is 11.1 Å². The van der Waals surface area contributed by atoms with Gasteiger partial charge in [0.2, 0.25) is 0 Å². The summed E-state index contributed by atoms with van der Waals surface area (Å²) >= 11 is 0. The fourth-order valence-corrected chi connectivity index (χ4v) is 4.22. The molecule has 1 nitrogen and oxygen atoms in total. The van der Waals surface area contributed by atoms with Crippen molar-refractivity contribution in [3.05, 3.63) is 136 Å². The minimum absolute atomic E-state index is 0.0908. The molecule has 234 valence electrons. The number of benzene rings is 4. The summed E-state index contributed by atoms with van der Waals surface area (Å²) in [5.74, 6) is -9.27. The lowest BCUT2D eigenvalue weighted by atomic mass is 9.99. The molecule has 0 heterocycles. The quantitative estimate of drug-likeness (QED) is 0.111. The molecular weight excluding hydrogens is 628 g/mol. The highest BCUT2D eigenvalue weighted by Gasteiger charge is 2.43. The van der Waals surface area contributed by atoms with Gasteiger partial charge in [0.25, 0.3) is 0 Å². The van der Waals surface area contributed by atoms with E-state index in [4.69, 9.17) is 0 Å². The lowest BCUT2D eigenvalue weighted by Gasteiger charge is -2.21. The lowest BCUT2D eigenvalue weighted by Crippen LogP contribution is -2.25. The van der Waals surface area contributed by atoms with E-state index in [0.29, 0.717) is 30.5 Å². The predicted molar refractivity (Wildman–Crippen MR) is 138 cm³/mol. The fraction of sp³-hybridized carbons (Fsp3) is 0.125. The molecule has 0 spiro atoms. The maximum Gasteiger partial charge on any atom is 0.432 e. The van der Waals surface area contributed by atoms with E-state index in [-0.39, 0.29) is 35.4 Å². The number of rotatable bonds is 7. The van der Waals surface area contributed by atoms with E-state index in [2.05, 4.69) is 23.2 Å². The molecule has 13 heteroatoms. The summed E-state index contributed by atoms with van der Waals surface area (Å²) in [6, 6.07) is 5.17. The predicted octanol–water partition coefficient (Wildman–Crippen LogP) is 9.99. The number of alkyl halides is 5. The van der Waals surface area contributed by atoms with Crippen molar-refractivity contribution < 1.29 is 57.4 Å². The Kier molecular flexibility index (Phi) is 9.27. The van der Waals surface area contributed by atoms with Gasteiger partial charge in [-0.25, -0.2) is 30.7 Å². The van der Waals surface area contributed by atoms with E-state index in [9.17, 15) is 52.7 Å². The smallest absolute Gasteiger partial charge is 0.429 e. The van der Waals surface area contributed by atoms with E-state index < -0.39 is 81.0 Å².